The topological polar surface area (TPSA) is 96.5 Å². The van der Waals surface area contributed by atoms with E-state index in [0.717, 1.165) is 16.8 Å². The molecule has 8 nitrogen and oxygen atoms in total. The standard InChI is InChI=1S/C29H21N3O5/c33-29(27-19-31(23-11-5-2-6-12-23)30-28(27)22-9-3-1-4-10-22)36-20-21-8-7-13-26(18-21)37-25-16-14-24(15-17-25)32(34)35/h1-19H,20H2. The van der Waals surface area contributed by atoms with Crippen molar-refractivity contribution in [3.8, 4) is 28.4 Å². The number of nitro groups is 1. The Kier molecular flexibility index (Phi) is 6.72. The van der Waals surface area contributed by atoms with Crippen molar-refractivity contribution in [2.75, 3.05) is 0 Å². The van der Waals surface area contributed by atoms with Gasteiger partial charge in [-0.25, -0.2) is 9.48 Å². The van der Waals surface area contributed by atoms with Gasteiger partial charge in [-0.1, -0.05) is 60.7 Å². The van der Waals surface area contributed by atoms with E-state index in [1.165, 1.54) is 24.3 Å². The van der Waals surface area contributed by atoms with Crippen LogP contribution in [0.15, 0.2) is 115 Å². The van der Waals surface area contributed by atoms with E-state index in [2.05, 4.69) is 5.10 Å². The molecular formula is C29H21N3O5. The number of aromatic nitrogens is 2. The van der Waals surface area contributed by atoms with Crippen molar-refractivity contribution in [1.82, 2.24) is 9.78 Å². The van der Waals surface area contributed by atoms with Crippen LogP contribution in [-0.2, 0) is 11.3 Å². The predicted molar refractivity (Wildman–Crippen MR) is 138 cm³/mol. The van der Waals surface area contributed by atoms with E-state index in [9.17, 15) is 14.9 Å². The van der Waals surface area contributed by atoms with Crippen LogP contribution in [0.4, 0.5) is 5.69 Å². The van der Waals surface area contributed by atoms with Gasteiger partial charge in [0.25, 0.3) is 5.69 Å². The molecule has 0 unspecified atom stereocenters. The van der Waals surface area contributed by atoms with Crippen molar-refractivity contribution in [3.63, 3.8) is 0 Å². The molecule has 5 rings (SSSR count). The molecule has 182 valence electrons. The fourth-order valence-electron chi connectivity index (χ4n) is 3.74. The van der Waals surface area contributed by atoms with Crippen molar-refractivity contribution in [2.45, 2.75) is 6.61 Å². The molecule has 8 heteroatoms. The second-order valence-corrected chi connectivity index (χ2v) is 8.11. The van der Waals surface area contributed by atoms with Crippen molar-refractivity contribution < 1.29 is 19.2 Å². The number of nitro benzene ring substituents is 1. The lowest BCUT2D eigenvalue weighted by Gasteiger charge is -2.09. The van der Waals surface area contributed by atoms with Gasteiger partial charge in [-0.3, -0.25) is 10.1 Å². The van der Waals surface area contributed by atoms with Crippen molar-refractivity contribution in [2.24, 2.45) is 0 Å². The van der Waals surface area contributed by atoms with Gasteiger partial charge in [0.2, 0.25) is 0 Å². The van der Waals surface area contributed by atoms with Crippen LogP contribution in [0, 0.1) is 10.1 Å². The minimum Gasteiger partial charge on any atom is -0.457 e. The third kappa shape index (κ3) is 5.54. The fourth-order valence-corrected chi connectivity index (χ4v) is 3.74. The number of hydrogen-bond donors (Lipinski definition) is 0. The van der Waals surface area contributed by atoms with Gasteiger partial charge < -0.3 is 9.47 Å². The average molecular weight is 492 g/mol. The predicted octanol–water partition coefficient (Wildman–Crippen LogP) is 6.60. The molecule has 0 saturated heterocycles. The molecule has 0 N–H and O–H groups in total. The molecule has 0 aliphatic rings. The maximum absolute atomic E-state index is 13.2. The van der Waals surface area contributed by atoms with E-state index in [0.29, 0.717) is 22.8 Å². The van der Waals surface area contributed by atoms with Gasteiger partial charge in [-0.15, -0.1) is 0 Å². The first-order valence-electron chi connectivity index (χ1n) is 11.5. The Balaban J connectivity index is 1.33. The third-order valence-corrected chi connectivity index (χ3v) is 5.55. The van der Waals surface area contributed by atoms with Gasteiger partial charge >= 0.3 is 5.97 Å². The van der Waals surface area contributed by atoms with Crippen LogP contribution in [-0.4, -0.2) is 20.7 Å². The molecule has 0 fully saturated rings. The molecule has 0 saturated carbocycles. The molecule has 0 radical (unpaired) electrons. The summed E-state index contributed by atoms with van der Waals surface area (Å²) in [5, 5.41) is 15.5. The highest BCUT2D eigenvalue weighted by atomic mass is 16.6. The van der Waals surface area contributed by atoms with E-state index in [1.54, 1.807) is 29.1 Å². The van der Waals surface area contributed by atoms with Crippen LogP contribution >= 0.6 is 0 Å². The molecule has 1 heterocycles. The summed E-state index contributed by atoms with van der Waals surface area (Å²) in [6.45, 7) is 0.0288. The highest BCUT2D eigenvalue weighted by Gasteiger charge is 2.20. The Bertz CT molecular complexity index is 1530. The van der Waals surface area contributed by atoms with Gasteiger partial charge in [-0.05, 0) is 42.0 Å². The molecule has 0 atom stereocenters. The molecular weight excluding hydrogens is 470 g/mol. The molecule has 0 aliphatic carbocycles. The Labute approximate surface area is 212 Å². The molecule has 0 spiro atoms. The summed E-state index contributed by atoms with van der Waals surface area (Å²) in [6, 6.07) is 31.9. The fraction of sp³-hybridized carbons (Fsp3) is 0.0345. The van der Waals surface area contributed by atoms with Crippen molar-refractivity contribution in [1.29, 1.82) is 0 Å². The van der Waals surface area contributed by atoms with Gasteiger partial charge in [0.05, 0.1) is 10.6 Å². The number of carbonyl (C=O) groups is 1. The van der Waals surface area contributed by atoms with Crippen molar-refractivity contribution >= 4 is 11.7 Å². The zero-order valence-corrected chi connectivity index (χ0v) is 19.6. The van der Waals surface area contributed by atoms with Gasteiger partial charge in [0.1, 0.15) is 29.4 Å². The minimum absolute atomic E-state index is 0.0153. The van der Waals surface area contributed by atoms with E-state index < -0.39 is 10.9 Å². The first-order valence-corrected chi connectivity index (χ1v) is 11.5. The molecule has 0 amide bonds. The maximum Gasteiger partial charge on any atom is 0.342 e. The Hall–Kier alpha value is -5.24. The lowest BCUT2D eigenvalue weighted by atomic mass is 10.1. The quantitative estimate of drug-likeness (QED) is 0.138. The summed E-state index contributed by atoms with van der Waals surface area (Å²) in [7, 11) is 0. The molecule has 4 aromatic carbocycles. The zero-order valence-electron chi connectivity index (χ0n) is 19.6. The van der Waals surface area contributed by atoms with Gasteiger partial charge in [-0.2, -0.15) is 5.10 Å². The first kappa shape index (κ1) is 23.5. The Morgan fingerprint density at radius 3 is 2.24 bits per heavy atom. The lowest BCUT2D eigenvalue weighted by molar-refractivity contribution is -0.384. The highest BCUT2D eigenvalue weighted by Crippen LogP contribution is 2.27. The Morgan fingerprint density at radius 2 is 1.54 bits per heavy atom. The van der Waals surface area contributed by atoms with Crippen LogP contribution in [0.25, 0.3) is 16.9 Å². The van der Waals surface area contributed by atoms with E-state index >= 15 is 0 Å². The van der Waals surface area contributed by atoms with Crippen LogP contribution < -0.4 is 4.74 Å². The SMILES string of the molecule is O=C(OCc1cccc(Oc2ccc([N+](=O)[O-])cc2)c1)c1cn(-c2ccccc2)nc1-c1ccccc1. The summed E-state index contributed by atoms with van der Waals surface area (Å²) >= 11 is 0. The highest BCUT2D eigenvalue weighted by molar-refractivity contribution is 5.96. The largest absolute Gasteiger partial charge is 0.457 e. The zero-order chi connectivity index (χ0) is 25.6. The number of non-ortho nitro benzene ring substituents is 1. The normalized spacial score (nSPS) is 10.6. The second-order valence-electron chi connectivity index (χ2n) is 8.11. The number of benzene rings is 4. The number of hydrogen-bond acceptors (Lipinski definition) is 6. The number of nitrogens with zero attached hydrogens (tertiary/aromatic N) is 3. The minimum atomic E-state index is -0.497. The number of rotatable bonds is 8. The number of para-hydroxylation sites is 1. The van der Waals surface area contributed by atoms with E-state index in [4.69, 9.17) is 9.47 Å². The van der Waals surface area contributed by atoms with Gasteiger partial charge in [0, 0.05) is 23.9 Å². The number of carbonyl (C=O) groups excluding carboxylic acids is 1. The van der Waals surface area contributed by atoms with Crippen LogP contribution in [0.3, 0.4) is 0 Å². The smallest absolute Gasteiger partial charge is 0.342 e. The summed E-state index contributed by atoms with van der Waals surface area (Å²) in [6.07, 6.45) is 1.67. The number of esters is 1. The molecule has 0 bridgehead atoms. The van der Waals surface area contributed by atoms with E-state index in [1.807, 2.05) is 66.7 Å². The first-order chi connectivity index (χ1) is 18.1. The summed E-state index contributed by atoms with van der Waals surface area (Å²) in [5.74, 6) is 0.479. The average Bonchev–Trinajstić information content (AvgIpc) is 3.39. The van der Waals surface area contributed by atoms with Crippen LogP contribution in [0.2, 0.25) is 0 Å². The molecule has 37 heavy (non-hydrogen) atoms. The van der Waals surface area contributed by atoms with Crippen LogP contribution in [0.5, 0.6) is 11.5 Å². The lowest BCUT2D eigenvalue weighted by Crippen LogP contribution is -2.06. The summed E-state index contributed by atoms with van der Waals surface area (Å²) in [5.41, 5.74) is 3.23. The van der Waals surface area contributed by atoms with Crippen LogP contribution in [0.1, 0.15) is 15.9 Å². The molecule has 1 aromatic heterocycles. The van der Waals surface area contributed by atoms with Crippen molar-refractivity contribution in [3.05, 3.63) is 137 Å². The Morgan fingerprint density at radius 1 is 0.838 bits per heavy atom. The molecule has 5 aromatic rings. The van der Waals surface area contributed by atoms with Gasteiger partial charge in [0.15, 0.2) is 0 Å². The third-order valence-electron chi connectivity index (χ3n) is 5.55. The summed E-state index contributed by atoms with van der Waals surface area (Å²) < 4.78 is 13.1. The van der Waals surface area contributed by atoms with E-state index in [-0.39, 0.29) is 12.3 Å². The monoisotopic (exact) mass is 491 g/mol. The number of ether oxygens (including phenoxy) is 2. The summed E-state index contributed by atoms with van der Waals surface area (Å²) in [4.78, 5) is 23.5. The second kappa shape index (κ2) is 10.6. The molecule has 0 aliphatic heterocycles. The maximum atomic E-state index is 13.2.